The van der Waals surface area contributed by atoms with Crippen LogP contribution in [0.1, 0.15) is 16.7 Å². The van der Waals surface area contributed by atoms with Gasteiger partial charge in [-0.1, -0.05) is 24.3 Å². The van der Waals surface area contributed by atoms with Crippen molar-refractivity contribution in [2.75, 3.05) is 7.11 Å². The first-order valence-electron chi connectivity index (χ1n) is 5.28. The quantitative estimate of drug-likeness (QED) is 0.641. The van der Waals surface area contributed by atoms with Crippen LogP contribution in [0.4, 0.5) is 0 Å². The zero-order chi connectivity index (χ0) is 12.8. The fourth-order valence-electron chi connectivity index (χ4n) is 1.52. The first kappa shape index (κ1) is 13.0. The van der Waals surface area contributed by atoms with E-state index in [-0.39, 0.29) is 0 Å². The number of methoxy groups -OCH3 is 1. The summed E-state index contributed by atoms with van der Waals surface area (Å²) in [5.74, 6) is -0.0852. The molecule has 0 aliphatic rings. The normalized spacial score (nSPS) is 11.2. The SMILES string of the molecule is COc1ccc(C=CC=CC(=O)O)c(C)c1C. The van der Waals surface area contributed by atoms with Gasteiger partial charge < -0.3 is 9.84 Å². The third-order valence-electron chi connectivity index (χ3n) is 2.62. The van der Waals surface area contributed by atoms with Gasteiger partial charge in [-0.25, -0.2) is 4.79 Å². The Labute approximate surface area is 101 Å². The zero-order valence-electron chi connectivity index (χ0n) is 10.2. The Morgan fingerprint density at radius 1 is 1.24 bits per heavy atom. The lowest BCUT2D eigenvalue weighted by Crippen LogP contribution is -1.92. The highest BCUT2D eigenvalue weighted by Crippen LogP contribution is 2.24. The first-order chi connectivity index (χ1) is 8.06. The molecule has 0 bridgehead atoms. The number of carboxylic acid groups (broad SMARTS) is 1. The molecule has 3 nitrogen and oxygen atoms in total. The Bertz CT molecular complexity index is 471. The van der Waals surface area contributed by atoms with Crippen LogP contribution >= 0.6 is 0 Å². The second kappa shape index (κ2) is 5.89. The summed E-state index contributed by atoms with van der Waals surface area (Å²) in [6.07, 6.45) is 6.19. The molecule has 0 heterocycles. The molecule has 0 fully saturated rings. The molecule has 1 rings (SSSR count). The number of aliphatic carboxylic acids is 1. The fourth-order valence-corrected chi connectivity index (χ4v) is 1.52. The number of hydrogen-bond acceptors (Lipinski definition) is 2. The molecule has 0 unspecified atom stereocenters. The molecule has 0 aromatic heterocycles. The summed E-state index contributed by atoms with van der Waals surface area (Å²) in [7, 11) is 1.65. The Balaban J connectivity index is 2.93. The molecule has 17 heavy (non-hydrogen) atoms. The third-order valence-corrected chi connectivity index (χ3v) is 2.62. The highest BCUT2D eigenvalue weighted by Gasteiger charge is 2.03. The Morgan fingerprint density at radius 3 is 2.53 bits per heavy atom. The van der Waals surface area contributed by atoms with Crippen LogP contribution in [0, 0.1) is 13.8 Å². The number of allylic oxidation sites excluding steroid dienone is 2. The number of rotatable bonds is 4. The second-order valence-corrected chi connectivity index (χ2v) is 3.66. The number of hydrogen-bond donors (Lipinski definition) is 1. The van der Waals surface area contributed by atoms with E-state index < -0.39 is 5.97 Å². The first-order valence-corrected chi connectivity index (χ1v) is 5.28. The Kier molecular flexibility index (Phi) is 4.52. The van der Waals surface area contributed by atoms with Crippen LogP contribution in [0.25, 0.3) is 6.08 Å². The van der Waals surface area contributed by atoms with E-state index in [0.717, 1.165) is 28.5 Å². The lowest BCUT2D eigenvalue weighted by atomic mass is 10.0. The van der Waals surface area contributed by atoms with Crippen LogP contribution in [0.15, 0.2) is 30.4 Å². The van der Waals surface area contributed by atoms with Gasteiger partial charge in [0, 0.05) is 6.08 Å². The molecule has 1 N–H and O–H groups in total. The van der Waals surface area contributed by atoms with Crippen LogP contribution in [-0.2, 0) is 4.79 Å². The topological polar surface area (TPSA) is 46.5 Å². The molecule has 0 saturated heterocycles. The summed E-state index contributed by atoms with van der Waals surface area (Å²) >= 11 is 0. The van der Waals surface area contributed by atoms with E-state index in [9.17, 15) is 4.79 Å². The highest BCUT2D eigenvalue weighted by atomic mass is 16.5. The summed E-state index contributed by atoms with van der Waals surface area (Å²) in [5.41, 5.74) is 3.28. The van der Waals surface area contributed by atoms with E-state index in [1.54, 1.807) is 13.2 Å². The van der Waals surface area contributed by atoms with Gasteiger partial charge in [-0.3, -0.25) is 0 Å². The molecular weight excluding hydrogens is 216 g/mol. The summed E-state index contributed by atoms with van der Waals surface area (Å²) in [6, 6.07) is 3.86. The van der Waals surface area contributed by atoms with Crippen molar-refractivity contribution in [3.63, 3.8) is 0 Å². The Morgan fingerprint density at radius 2 is 1.94 bits per heavy atom. The maximum Gasteiger partial charge on any atom is 0.328 e. The molecule has 0 radical (unpaired) electrons. The molecule has 0 aliphatic heterocycles. The van der Waals surface area contributed by atoms with Crippen LogP contribution < -0.4 is 4.74 Å². The van der Waals surface area contributed by atoms with Gasteiger partial charge in [0.1, 0.15) is 5.75 Å². The van der Waals surface area contributed by atoms with Gasteiger partial charge in [0.05, 0.1) is 7.11 Å². The van der Waals surface area contributed by atoms with E-state index in [4.69, 9.17) is 9.84 Å². The molecule has 1 aromatic carbocycles. The van der Waals surface area contributed by atoms with Crippen molar-refractivity contribution in [3.8, 4) is 5.75 Å². The van der Waals surface area contributed by atoms with Crippen molar-refractivity contribution >= 4 is 12.0 Å². The molecule has 0 spiro atoms. The van der Waals surface area contributed by atoms with E-state index in [1.807, 2.05) is 32.1 Å². The van der Waals surface area contributed by atoms with Crippen LogP contribution in [0.3, 0.4) is 0 Å². The number of carbonyl (C=O) groups is 1. The van der Waals surface area contributed by atoms with Crippen LogP contribution in [0.2, 0.25) is 0 Å². The van der Waals surface area contributed by atoms with Crippen LogP contribution in [0.5, 0.6) is 5.75 Å². The standard InChI is InChI=1S/C14H16O3/c1-10-11(2)13(17-3)9-8-12(10)6-4-5-7-14(15)16/h4-9H,1-3H3,(H,15,16). The Hall–Kier alpha value is -2.03. The van der Waals surface area contributed by atoms with E-state index in [0.29, 0.717) is 0 Å². The molecule has 0 amide bonds. The predicted octanol–water partition coefficient (Wildman–Crippen LogP) is 2.97. The van der Waals surface area contributed by atoms with Crippen molar-refractivity contribution < 1.29 is 14.6 Å². The maximum absolute atomic E-state index is 10.3. The summed E-state index contributed by atoms with van der Waals surface area (Å²) in [6.45, 7) is 4.01. The van der Waals surface area contributed by atoms with Crippen molar-refractivity contribution in [3.05, 3.63) is 47.1 Å². The molecule has 0 aliphatic carbocycles. The molecular formula is C14H16O3. The average Bonchev–Trinajstić information content (AvgIpc) is 2.29. The van der Waals surface area contributed by atoms with Crippen molar-refractivity contribution in [1.29, 1.82) is 0 Å². The van der Waals surface area contributed by atoms with Gasteiger partial charge in [-0.2, -0.15) is 0 Å². The van der Waals surface area contributed by atoms with Gasteiger partial charge in [-0.05, 0) is 36.6 Å². The van der Waals surface area contributed by atoms with Crippen molar-refractivity contribution in [2.24, 2.45) is 0 Å². The van der Waals surface area contributed by atoms with Gasteiger partial charge >= 0.3 is 5.97 Å². The molecule has 0 saturated carbocycles. The predicted molar refractivity (Wildman–Crippen MR) is 68.3 cm³/mol. The minimum Gasteiger partial charge on any atom is -0.496 e. The lowest BCUT2D eigenvalue weighted by Gasteiger charge is -2.09. The number of ether oxygens (including phenoxy) is 1. The molecule has 1 aromatic rings. The summed E-state index contributed by atoms with van der Waals surface area (Å²) in [4.78, 5) is 10.3. The van der Waals surface area contributed by atoms with Crippen LogP contribution in [-0.4, -0.2) is 18.2 Å². The van der Waals surface area contributed by atoms with Gasteiger partial charge in [0.15, 0.2) is 0 Å². The van der Waals surface area contributed by atoms with E-state index in [1.165, 1.54) is 6.08 Å². The summed E-state index contributed by atoms with van der Waals surface area (Å²) < 4.78 is 5.22. The molecule has 3 heteroatoms. The monoisotopic (exact) mass is 232 g/mol. The van der Waals surface area contributed by atoms with Gasteiger partial charge in [-0.15, -0.1) is 0 Å². The van der Waals surface area contributed by atoms with Crippen molar-refractivity contribution in [1.82, 2.24) is 0 Å². The van der Waals surface area contributed by atoms with Gasteiger partial charge in [0.25, 0.3) is 0 Å². The average molecular weight is 232 g/mol. The number of benzene rings is 1. The molecule has 90 valence electrons. The minimum atomic E-state index is -0.947. The maximum atomic E-state index is 10.3. The van der Waals surface area contributed by atoms with E-state index in [2.05, 4.69) is 0 Å². The minimum absolute atomic E-state index is 0.862. The number of carboxylic acids is 1. The van der Waals surface area contributed by atoms with E-state index >= 15 is 0 Å². The smallest absolute Gasteiger partial charge is 0.328 e. The highest BCUT2D eigenvalue weighted by molar-refractivity contribution is 5.80. The zero-order valence-corrected chi connectivity index (χ0v) is 10.2. The van der Waals surface area contributed by atoms with Gasteiger partial charge in [0.2, 0.25) is 0 Å². The fraction of sp³-hybridized carbons (Fsp3) is 0.214. The lowest BCUT2D eigenvalue weighted by molar-refractivity contribution is -0.131. The largest absolute Gasteiger partial charge is 0.496 e. The second-order valence-electron chi connectivity index (χ2n) is 3.66. The third kappa shape index (κ3) is 3.48. The van der Waals surface area contributed by atoms with Crippen molar-refractivity contribution in [2.45, 2.75) is 13.8 Å². The summed E-state index contributed by atoms with van der Waals surface area (Å²) in [5, 5.41) is 8.44. The molecule has 0 atom stereocenters.